The van der Waals surface area contributed by atoms with Crippen molar-refractivity contribution in [2.45, 2.75) is 0 Å². The Morgan fingerprint density at radius 3 is 2.19 bits per heavy atom. The summed E-state index contributed by atoms with van der Waals surface area (Å²) in [6.07, 6.45) is 1.80. The molecule has 1 fully saturated rings. The van der Waals surface area contributed by atoms with Gasteiger partial charge in [-0.05, 0) is 36.4 Å². The number of aromatic nitrogens is 2. The molecule has 1 aromatic heterocycles. The minimum absolute atomic E-state index is 0.138. The number of ether oxygens (including phenoxy) is 1. The van der Waals surface area contributed by atoms with Crippen LogP contribution in [-0.4, -0.2) is 67.0 Å². The van der Waals surface area contributed by atoms with Crippen molar-refractivity contribution < 1.29 is 9.53 Å². The van der Waals surface area contributed by atoms with Gasteiger partial charge in [-0.3, -0.25) is 9.69 Å². The summed E-state index contributed by atoms with van der Waals surface area (Å²) >= 11 is 0. The Morgan fingerprint density at radius 1 is 0.861 bits per heavy atom. The second kappa shape index (κ2) is 11.1. The number of amides is 1. The zero-order chi connectivity index (χ0) is 24.7. The molecule has 2 heterocycles. The maximum Gasteiger partial charge on any atom is 0.255 e. The van der Waals surface area contributed by atoms with Crippen LogP contribution in [0.4, 0.5) is 5.69 Å². The average molecular weight is 482 g/mol. The SMILES string of the molecule is COc1ccccc1-c1nn(-c2ccccc2)cc1C(=O)NCCN1CCN(c2ccccc2)CC1. The van der Waals surface area contributed by atoms with E-state index in [-0.39, 0.29) is 5.91 Å². The van der Waals surface area contributed by atoms with Gasteiger partial charge in [0.25, 0.3) is 5.91 Å². The molecule has 3 aromatic carbocycles. The summed E-state index contributed by atoms with van der Waals surface area (Å²) < 4.78 is 7.31. The first-order valence-electron chi connectivity index (χ1n) is 12.3. The molecule has 0 radical (unpaired) electrons. The van der Waals surface area contributed by atoms with Gasteiger partial charge in [-0.25, -0.2) is 4.68 Å². The Labute approximate surface area is 211 Å². The molecule has 7 heteroatoms. The topological polar surface area (TPSA) is 62.6 Å². The molecule has 1 amide bonds. The van der Waals surface area contributed by atoms with E-state index in [1.165, 1.54) is 5.69 Å². The highest BCUT2D eigenvalue weighted by molar-refractivity contribution is 6.00. The molecule has 1 saturated heterocycles. The van der Waals surface area contributed by atoms with Crippen molar-refractivity contribution in [3.63, 3.8) is 0 Å². The van der Waals surface area contributed by atoms with Crippen LogP contribution in [0.2, 0.25) is 0 Å². The number of rotatable bonds is 8. The van der Waals surface area contributed by atoms with E-state index < -0.39 is 0 Å². The number of anilines is 1. The van der Waals surface area contributed by atoms with Gasteiger partial charge in [-0.15, -0.1) is 0 Å². The van der Waals surface area contributed by atoms with E-state index in [9.17, 15) is 4.79 Å². The Bertz CT molecular complexity index is 1280. The number of benzene rings is 3. The predicted molar refractivity (Wildman–Crippen MR) is 143 cm³/mol. The second-order valence-corrected chi connectivity index (χ2v) is 8.79. The summed E-state index contributed by atoms with van der Waals surface area (Å²) in [5, 5.41) is 7.89. The quantitative estimate of drug-likeness (QED) is 0.411. The third-order valence-corrected chi connectivity index (χ3v) is 6.55. The molecule has 0 unspecified atom stereocenters. The van der Waals surface area contributed by atoms with Gasteiger partial charge in [0.05, 0.1) is 18.4 Å². The molecular weight excluding hydrogens is 450 g/mol. The van der Waals surface area contributed by atoms with Crippen LogP contribution in [0.15, 0.2) is 91.1 Å². The monoisotopic (exact) mass is 481 g/mol. The van der Waals surface area contributed by atoms with E-state index in [0.717, 1.165) is 44.0 Å². The lowest BCUT2D eigenvalue weighted by Gasteiger charge is -2.36. The van der Waals surface area contributed by atoms with E-state index in [4.69, 9.17) is 9.84 Å². The molecule has 1 N–H and O–H groups in total. The minimum atomic E-state index is -0.138. The minimum Gasteiger partial charge on any atom is -0.496 e. The van der Waals surface area contributed by atoms with E-state index >= 15 is 0 Å². The first-order chi connectivity index (χ1) is 17.7. The standard InChI is InChI=1S/C29H31N5O2/c1-36-27-15-9-8-14-25(27)28-26(22-34(31-28)24-12-6-3-7-13-24)29(35)30-16-17-32-18-20-33(21-19-32)23-10-4-2-5-11-23/h2-15,22H,16-21H2,1H3,(H,30,35). The Morgan fingerprint density at radius 2 is 1.50 bits per heavy atom. The first-order valence-corrected chi connectivity index (χ1v) is 12.3. The molecule has 0 aliphatic carbocycles. The van der Waals surface area contributed by atoms with Gasteiger partial charge < -0.3 is 15.0 Å². The lowest BCUT2D eigenvalue weighted by atomic mass is 10.1. The average Bonchev–Trinajstić information content (AvgIpc) is 3.40. The van der Waals surface area contributed by atoms with Crippen LogP contribution >= 0.6 is 0 Å². The fourth-order valence-corrected chi connectivity index (χ4v) is 4.58. The zero-order valence-electron chi connectivity index (χ0n) is 20.5. The van der Waals surface area contributed by atoms with Crippen LogP contribution in [0.1, 0.15) is 10.4 Å². The highest BCUT2D eigenvalue weighted by Crippen LogP contribution is 2.31. The molecule has 5 rings (SSSR count). The Hall–Kier alpha value is -4.10. The number of methoxy groups -OCH3 is 1. The third-order valence-electron chi connectivity index (χ3n) is 6.55. The Kier molecular flexibility index (Phi) is 7.28. The molecule has 0 spiro atoms. The zero-order valence-corrected chi connectivity index (χ0v) is 20.5. The number of piperazine rings is 1. The summed E-state index contributed by atoms with van der Waals surface area (Å²) in [5.74, 6) is 0.544. The van der Waals surface area contributed by atoms with E-state index in [1.54, 1.807) is 18.0 Å². The van der Waals surface area contributed by atoms with Crippen molar-refractivity contribution in [2.75, 3.05) is 51.3 Å². The fraction of sp³-hybridized carbons (Fsp3) is 0.241. The molecule has 184 valence electrons. The number of hydrogen-bond acceptors (Lipinski definition) is 5. The van der Waals surface area contributed by atoms with Crippen molar-refractivity contribution in [2.24, 2.45) is 0 Å². The smallest absolute Gasteiger partial charge is 0.255 e. The van der Waals surface area contributed by atoms with Crippen molar-refractivity contribution in [1.82, 2.24) is 20.0 Å². The molecule has 4 aromatic rings. The van der Waals surface area contributed by atoms with Crippen molar-refractivity contribution >= 4 is 11.6 Å². The van der Waals surface area contributed by atoms with E-state index in [1.807, 2.05) is 60.7 Å². The molecule has 0 bridgehead atoms. The van der Waals surface area contributed by atoms with Crippen molar-refractivity contribution in [3.05, 3.63) is 96.7 Å². The normalized spacial score (nSPS) is 14.0. The maximum atomic E-state index is 13.3. The molecule has 0 saturated carbocycles. The number of nitrogens with zero attached hydrogens (tertiary/aromatic N) is 4. The number of nitrogens with one attached hydrogen (secondary N) is 1. The first kappa shape index (κ1) is 23.6. The lowest BCUT2D eigenvalue weighted by Crippen LogP contribution is -2.48. The number of hydrogen-bond donors (Lipinski definition) is 1. The van der Waals surface area contributed by atoms with Crippen LogP contribution in [-0.2, 0) is 0 Å². The number of para-hydroxylation sites is 3. The van der Waals surface area contributed by atoms with E-state index in [0.29, 0.717) is 23.6 Å². The Balaban J connectivity index is 1.26. The van der Waals surface area contributed by atoms with Gasteiger partial charge in [0, 0.05) is 56.7 Å². The van der Waals surface area contributed by atoms with Crippen molar-refractivity contribution in [1.29, 1.82) is 0 Å². The molecule has 7 nitrogen and oxygen atoms in total. The van der Waals surface area contributed by atoms with Crippen LogP contribution in [0, 0.1) is 0 Å². The summed E-state index contributed by atoms with van der Waals surface area (Å²) in [5.41, 5.74) is 4.08. The summed E-state index contributed by atoms with van der Waals surface area (Å²) in [6.45, 7) is 5.31. The van der Waals surface area contributed by atoms with Gasteiger partial charge in [-0.1, -0.05) is 48.5 Å². The highest BCUT2D eigenvalue weighted by Gasteiger charge is 2.22. The van der Waals surface area contributed by atoms with Gasteiger partial charge in [0.1, 0.15) is 11.4 Å². The summed E-state index contributed by atoms with van der Waals surface area (Å²) in [4.78, 5) is 18.1. The highest BCUT2D eigenvalue weighted by atomic mass is 16.5. The number of carbonyl (C=O) groups excluding carboxylic acids is 1. The van der Waals surface area contributed by atoms with Crippen LogP contribution in [0.25, 0.3) is 16.9 Å². The largest absolute Gasteiger partial charge is 0.496 e. The summed E-state index contributed by atoms with van der Waals surface area (Å²) in [7, 11) is 1.63. The maximum absolute atomic E-state index is 13.3. The summed E-state index contributed by atoms with van der Waals surface area (Å²) in [6, 6.07) is 28.0. The van der Waals surface area contributed by atoms with Crippen LogP contribution < -0.4 is 15.0 Å². The van der Waals surface area contributed by atoms with Crippen LogP contribution in [0.3, 0.4) is 0 Å². The molecular formula is C29H31N5O2. The van der Waals surface area contributed by atoms with Crippen molar-refractivity contribution in [3.8, 4) is 22.7 Å². The third kappa shape index (κ3) is 5.26. The molecule has 0 atom stereocenters. The lowest BCUT2D eigenvalue weighted by molar-refractivity contribution is 0.0948. The van der Waals surface area contributed by atoms with Gasteiger partial charge in [0.15, 0.2) is 0 Å². The van der Waals surface area contributed by atoms with Crippen LogP contribution in [0.5, 0.6) is 5.75 Å². The molecule has 36 heavy (non-hydrogen) atoms. The van der Waals surface area contributed by atoms with E-state index in [2.05, 4.69) is 39.4 Å². The second-order valence-electron chi connectivity index (χ2n) is 8.79. The molecule has 1 aliphatic heterocycles. The predicted octanol–water partition coefficient (Wildman–Crippen LogP) is 4.10. The molecule has 1 aliphatic rings. The van der Waals surface area contributed by atoms with Gasteiger partial charge in [-0.2, -0.15) is 5.10 Å². The number of carbonyl (C=O) groups is 1. The van der Waals surface area contributed by atoms with Gasteiger partial charge in [0.2, 0.25) is 0 Å². The fourth-order valence-electron chi connectivity index (χ4n) is 4.58. The van der Waals surface area contributed by atoms with Gasteiger partial charge >= 0.3 is 0 Å².